The van der Waals surface area contributed by atoms with E-state index in [1.165, 1.54) is 10.4 Å². The van der Waals surface area contributed by atoms with E-state index in [0.29, 0.717) is 19.4 Å². The molecule has 1 aliphatic heterocycles. The fourth-order valence-corrected chi connectivity index (χ4v) is 4.52. The third-order valence-electron chi connectivity index (χ3n) is 3.34. The van der Waals surface area contributed by atoms with Crippen molar-refractivity contribution < 1.29 is 12.8 Å². The number of hydrogen-bond donors (Lipinski definition) is 1. The molecule has 1 heterocycles. The lowest BCUT2D eigenvalue weighted by atomic mass is 10.0. The maximum atomic E-state index is 13.0. The van der Waals surface area contributed by atoms with Crippen LogP contribution < -0.4 is 5.73 Å². The van der Waals surface area contributed by atoms with Gasteiger partial charge in [0.05, 0.1) is 5.02 Å². The number of nitrogens with two attached hydrogens (primary N) is 1. The molecule has 0 unspecified atom stereocenters. The van der Waals surface area contributed by atoms with E-state index in [1.807, 2.05) is 6.92 Å². The van der Waals surface area contributed by atoms with Crippen molar-refractivity contribution in [2.45, 2.75) is 36.7 Å². The van der Waals surface area contributed by atoms with Gasteiger partial charge in [-0.25, -0.2) is 12.8 Å². The number of piperidine rings is 1. The summed E-state index contributed by atoms with van der Waals surface area (Å²) in [5.41, 5.74) is 5.82. The lowest BCUT2D eigenvalue weighted by molar-refractivity contribution is 0.247. The SMILES string of the molecule is C[C@@H]1C[C@@H](N)CCN1S(=O)(=O)c1ccc(F)cc1Cl. The second-order valence-corrected chi connectivity index (χ2v) is 7.09. The van der Waals surface area contributed by atoms with Crippen LogP contribution in [0.4, 0.5) is 4.39 Å². The Kier molecular flexibility index (Phi) is 4.15. The average Bonchev–Trinajstić information content (AvgIpc) is 2.27. The Morgan fingerprint density at radius 1 is 1.47 bits per heavy atom. The molecular formula is C12H16ClFN2O2S. The maximum absolute atomic E-state index is 13.0. The first kappa shape index (κ1) is 14.7. The Morgan fingerprint density at radius 2 is 2.16 bits per heavy atom. The van der Waals surface area contributed by atoms with Gasteiger partial charge in [0.15, 0.2) is 0 Å². The van der Waals surface area contributed by atoms with Gasteiger partial charge >= 0.3 is 0 Å². The highest BCUT2D eigenvalue weighted by molar-refractivity contribution is 7.89. The minimum Gasteiger partial charge on any atom is -0.328 e. The first-order valence-corrected chi connectivity index (χ1v) is 7.86. The highest BCUT2D eigenvalue weighted by Gasteiger charge is 2.34. The van der Waals surface area contributed by atoms with E-state index in [1.54, 1.807) is 0 Å². The summed E-state index contributed by atoms with van der Waals surface area (Å²) in [6, 6.07) is 3.14. The summed E-state index contributed by atoms with van der Waals surface area (Å²) >= 11 is 5.84. The molecule has 1 fully saturated rings. The molecule has 0 aromatic heterocycles. The van der Waals surface area contributed by atoms with Crippen LogP contribution in [0.15, 0.2) is 23.1 Å². The van der Waals surface area contributed by atoms with E-state index in [2.05, 4.69) is 0 Å². The topological polar surface area (TPSA) is 63.4 Å². The van der Waals surface area contributed by atoms with Gasteiger partial charge < -0.3 is 5.73 Å². The van der Waals surface area contributed by atoms with Crippen molar-refractivity contribution in [3.8, 4) is 0 Å². The molecule has 0 amide bonds. The van der Waals surface area contributed by atoms with Crippen LogP contribution in [0.3, 0.4) is 0 Å². The van der Waals surface area contributed by atoms with E-state index in [-0.39, 0.29) is 22.0 Å². The van der Waals surface area contributed by atoms with Crippen LogP contribution in [0.1, 0.15) is 19.8 Å². The lowest BCUT2D eigenvalue weighted by Gasteiger charge is -2.35. The lowest BCUT2D eigenvalue weighted by Crippen LogP contribution is -2.48. The summed E-state index contributed by atoms with van der Waals surface area (Å²) in [5, 5.41) is -0.0953. The number of sulfonamides is 1. The number of benzene rings is 1. The van der Waals surface area contributed by atoms with Crippen LogP contribution >= 0.6 is 11.6 Å². The average molecular weight is 307 g/mol. The zero-order valence-corrected chi connectivity index (χ0v) is 12.1. The molecule has 106 valence electrons. The fourth-order valence-electron chi connectivity index (χ4n) is 2.35. The Bertz CT molecular complexity index is 579. The van der Waals surface area contributed by atoms with Gasteiger partial charge in [-0.1, -0.05) is 11.6 Å². The Morgan fingerprint density at radius 3 is 2.74 bits per heavy atom. The molecule has 1 aromatic carbocycles. The van der Waals surface area contributed by atoms with E-state index in [9.17, 15) is 12.8 Å². The van der Waals surface area contributed by atoms with Crippen LogP contribution in [0.25, 0.3) is 0 Å². The second kappa shape index (κ2) is 5.36. The van der Waals surface area contributed by atoms with Gasteiger partial charge in [0.2, 0.25) is 10.0 Å². The minimum atomic E-state index is -3.70. The van der Waals surface area contributed by atoms with Crippen molar-refractivity contribution in [3.05, 3.63) is 29.0 Å². The Balaban J connectivity index is 2.37. The van der Waals surface area contributed by atoms with Crippen molar-refractivity contribution >= 4 is 21.6 Å². The molecule has 0 radical (unpaired) electrons. The second-order valence-electron chi connectivity index (χ2n) is 4.82. The third kappa shape index (κ3) is 2.91. The Labute approximate surface area is 117 Å². The predicted molar refractivity (Wildman–Crippen MR) is 72.0 cm³/mol. The highest BCUT2D eigenvalue weighted by Crippen LogP contribution is 2.29. The van der Waals surface area contributed by atoms with Gasteiger partial charge in [0.1, 0.15) is 10.7 Å². The van der Waals surface area contributed by atoms with Crippen LogP contribution in [0, 0.1) is 5.82 Å². The van der Waals surface area contributed by atoms with Crippen LogP contribution in [0.5, 0.6) is 0 Å². The van der Waals surface area contributed by atoms with Crippen LogP contribution in [-0.2, 0) is 10.0 Å². The summed E-state index contributed by atoms with van der Waals surface area (Å²) in [4.78, 5) is -0.0575. The molecule has 2 rings (SSSR count). The quantitative estimate of drug-likeness (QED) is 0.908. The zero-order chi connectivity index (χ0) is 14.2. The summed E-state index contributed by atoms with van der Waals surface area (Å²) in [5.74, 6) is -0.558. The van der Waals surface area contributed by atoms with Gasteiger partial charge in [-0.3, -0.25) is 0 Å². The van der Waals surface area contributed by atoms with E-state index in [0.717, 1.165) is 12.1 Å². The van der Waals surface area contributed by atoms with Crippen LogP contribution in [0.2, 0.25) is 5.02 Å². The first-order valence-electron chi connectivity index (χ1n) is 6.05. The highest BCUT2D eigenvalue weighted by atomic mass is 35.5. The van der Waals surface area contributed by atoms with Crippen molar-refractivity contribution in [1.82, 2.24) is 4.31 Å². The number of halogens is 2. The van der Waals surface area contributed by atoms with Crippen molar-refractivity contribution in [1.29, 1.82) is 0 Å². The van der Waals surface area contributed by atoms with Gasteiger partial charge in [0, 0.05) is 18.6 Å². The fraction of sp³-hybridized carbons (Fsp3) is 0.500. The monoisotopic (exact) mass is 306 g/mol. The smallest absolute Gasteiger partial charge is 0.244 e. The molecule has 0 aliphatic carbocycles. The summed E-state index contributed by atoms with van der Waals surface area (Å²) in [7, 11) is -3.70. The molecule has 1 saturated heterocycles. The molecule has 0 saturated carbocycles. The molecular weight excluding hydrogens is 291 g/mol. The standard InChI is InChI=1S/C12H16ClFN2O2S/c1-8-6-10(15)4-5-16(8)19(17,18)12-3-2-9(14)7-11(12)13/h2-3,7-8,10H,4-6,15H2,1H3/t8-,10+/m1/s1. The molecule has 1 aliphatic rings. The Hall–Kier alpha value is -0.690. The van der Waals surface area contributed by atoms with Gasteiger partial charge in [-0.05, 0) is 38.0 Å². The zero-order valence-electron chi connectivity index (χ0n) is 10.5. The first-order chi connectivity index (χ1) is 8.82. The largest absolute Gasteiger partial charge is 0.328 e. The minimum absolute atomic E-state index is 0.0186. The number of rotatable bonds is 2. The predicted octanol–water partition coefficient (Wildman–Crippen LogP) is 1.98. The molecule has 19 heavy (non-hydrogen) atoms. The molecule has 4 nitrogen and oxygen atoms in total. The summed E-state index contributed by atoms with van der Waals surface area (Å²) in [6.07, 6.45) is 1.22. The molecule has 2 N–H and O–H groups in total. The number of nitrogens with zero attached hydrogens (tertiary/aromatic N) is 1. The summed E-state index contributed by atoms with van der Waals surface area (Å²) < 4.78 is 39.4. The van der Waals surface area contributed by atoms with Gasteiger partial charge in [-0.2, -0.15) is 4.31 Å². The van der Waals surface area contributed by atoms with Crippen molar-refractivity contribution in [2.75, 3.05) is 6.54 Å². The summed E-state index contributed by atoms with van der Waals surface area (Å²) in [6.45, 7) is 2.17. The maximum Gasteiger partial charge on any atom is 0.244 e. The van der Waals surface area contributed by atoms with E-state index >= 15 is 0 Å². The van der Waals surface area contributed by atoms with Crippen molar-refractivity contribution in [2.24, 2.45) is 5.73 Å². The van der Waals surface area contributed by atoms with E-state index < -0.39 is 15.8 Å². The van der Waals surface area contributed by atoms with Crippen molar-refractivity contribution in [3.63, 3.8) is 0 Å². The molecule has 1 aromatic rings. The van der Waals surface area contributed by atoms with E-state index in [4.69, 9.17) is 17.3 Å². The third-order valence-corrected chi connectivity index (χ3v) is 5.83. The molecule has 0 bridgehead atoms. The molecule has 2 atom stereocenters. The van der Waals surface area contributed by atoms with Gasteiger partial charge in [-0.15, -0.1) is 0 Å². The molecule has 0 spiro atoms. The molecule has 7 heteroatoms. The van der Waals surface area contributed by atoms with Crippen LogP contribution in [-0.4, -0.2) is 31.4 Å². The number of hydrogen-bond acceptors (Lipinski definition) is 3. The normalized spacial score (nSPS) is 25.5. The van der Waals surface area contributed by atoms with Gasteiger partial charge in [0.25, 0.3) is 0 Å².